The van der Waals surface area contributed by atoms with Crippen LogP contribution in [0.25, 0.3) is 22.0 Å². The van der Waals surface area contributed by atoms with E-state index in [2.05, 4.69) is 18.0 Å². The molecule has 0 aliphatic rings. The number of H-pyrrole nitrogens is 1. The average molecular weight is 349 g/mol. The zero-order chi connectivity index (χ0) is 18.7. The van der Waals surface area contributed by atoms with Crippen LogP contribution in [0.2, 0.25) is 0 Å². The van der Waals surface area contributed by atoms with Gasteiger partial charge in [-0.05, 0) is 41.7 Å². The molecule has 4 heteroatoms. The number of carboxylic acid groups (broad SMARTS) is 1. The number of nitrogens with one attached hydrogen (secondary N) is 1. The maximum absolute atomic E-state index is 13.1. The van der Waals surface area contributed by atoms with E-state index in [4.69, 9.17) is 0 Å². The zero-order valence-corrected chi connectivity index (χ0v) is 15.1. The maximum Gasteiger partial charge on any atom is 0.352 e. The summed E-state index contributed by atoms with van der Waals surface area (Å²) in [6, 6.07) is 13.9. The lowest BCUT2D eigenvalue weighted by Gasteiger charge is -2.13. The fourth-order valence-corrected chi connectivity index (χ4v) is 3.44. The lowest BCUT2D eigenvalue weighted by Crippen LogP contribution is -2.19. The topological polar surface area (TPSA) is 70.2 Å². The third-order valence-corrected chi connectivity index (χ3v) is 4.63. The van der Waals surface area contributed by atoms with Gasteiger partial charge in [0.25, 0.3) is 0 Å². The molecule has 1 heterocycles. The van der Waals surface area contributed by atoms with E-state index in [1.165, 1.54) is 0 Å². The van der Waals surface area contributed by atoms with Gasteiger partial charge in [0, 0.05) is 10.9 Å². The summed E-state index contributed by atoms with van der Waals surface area (Å²) in [5.74, 6) is -1.08. The van der Waals surface area contributed by atoms with Crippen molar-refractivity contribution in [2.24, 2.45) is 0 Å². The number of carboxylic acids is 1. The first-order valence-corrected chi connectivity index (χ1v) is 9.07. The molecule has 1 aromatic heterocycles. The Morgan fingerprint density at radius 1 is 1.00 bits per heavy atom. The predicted molar refractivity (Wildman–Crippen MR) is 105 cm³/mol. The van der Waals surface area contributed by atoms with Crippen molar-refractivity contribution in [3.05, 3.63) is 69.5 Å². The Labute approximate surface area is 152 Å². The molecular formula is C22H23NO3. The molecule has 4 nitrogen and oxygen atoms in total. The van der Waals surface area contributed by atoms with E-state index < -0.39 is 5.97 Å². The maximum atomic E-state index is 13.1. The van der Waals surface area contributed by atoms with Gasteiger partial charge >= 0.3 is 5.97 Å². The predicted octanol–water partition coefficient (Wildman–Crippen LogP) is 4.80. The molecule has 0 aliphatic heterocycles. The van der Waals surface area contributed by atoms with Crippen LogP contribution >= 0.6 is 0 Å². The van der Waals surface area contributed by atoms with Crippen molar-refractivity contribution in [2.45, 2.75) is 39.5 Å². The second-order valence-corrected chi connectivity index (χ2v) is 6.54. The molecular weight excluding hydrogens is 326 g/mol. The molecule has 0 fully saturated rings. The molecule has 0 bridgehead atoms. The lowest BCUT2D eigenvalue weighted by atomic mass is 9.95. The Balaban J connectivity index is 2.37. The van der Waals surface area contributed by atoms with Crippen LogP contribution in [0.3, 0.4) is 0 Å². The van der Waals surface area contributed by atoms with Gasteiger partial charge in [0.1, 0.15) is 5.69 Å². The largest absolute Gasteiger partial charge is 0.477 e. The summed E-state index contributed by atoms with van der Waals surface area (Å²) in [5.41, 5.74) is 3.87. The fraction of sp³-hybridized carbons (Fsp3) is 0.273. The molecule has 3 rings (SSSR count). The highest BCUT2D eigenvalue weighted by atomic mass is 16.4. The summed E-state index contributed by atoms with van der Waals surface area (Å²) in [4.78, 5) is 27.8. The number of aromatic amines is 1. The number of aromatic nitrogens is 1. The normalized spacial score (nSPS) is 11.0. The Morgan fingerprint density at radius 3 is 2.31 bits per heavy atom. The Morgan fingerprint density at radius 2 is 1.69 bits per heavy atom. The first-order chi connectivity index (χ1) is 12.6. The van der Waals surface area contributed by atoms with Crippen molar-refractivity contribution in [2.75, 3.05) is 0 Å². The van der Waals surface area contributed by atoms with Crippen LogP contribution < -0.4 is 5.43 Å². The van der Waals surface area contributed by atoms with Crippen LogP contribution in [0.5, 0.6) is 0 Å². The second kappa shape index (κ2) is 7.56. The van der Waals surface area contributed by atoms with Gasteiger partial charge in [0.05, 0.1) is 5.52 Å². The Bertz CT molecular complexity index is 1000. The van der Waals surface area contributed by atoms with Gasteiger partial charge in [-0.15, -0.1) is 0 Å². The fourth-order valence-electron chi connectivity index (χ4n) is 3.44. The third kappa shape index (κ3) is 3.27. The lowest BCUT2D eigenvalue weighted by molar-refractivity contribution is 0.0689. The molecule has 0 amide bonds. The molecule has 2 N–H and O–H groups in total. The number of carbonyl (C=O) groups is 1. The van der Waals surface area contributed by atoms with Crippen LogP contribution in [0.1, 0.15) is 48.3 Å². The van der Waals surface area contributed by atoms with E-state index in [0.29, 0.717) is 22.9 Å². The molecule has 2 aromatic carbocycles. The number of aryl methyl sites for hydroxylation is 1. The van der Waals surface area contributed by atoms with E-state index in [1.807, 2.05) is 43.3 Å². The van der Waals surface area contributed by atoms with Crippen LogP contribution in [0.15, 0.2) is 47.3 Å². The van der Waals surface area contributed by atoms with Gasteiger partial charge in [-0.25, -0.2) is 4.79 Å². The summed E-state index contributed by atoms with van der Waals surface area (Å²) in [7, 11) is 0. The van der Waals surface area contributed by atoms with Crippen LogP contribution in [0.4, 0.5) is 0 Å². The molecule has 26 heavy (non-hydrogen) atoms. The van der Waals surface area contributed by atoms with E-state index >= 15 is 0 Å². The van der Waals surface area contributed by atoms with Gasteiger partial charge in [-0.1, -0.05) is 57.0 Å². The van der Waals surface area contributed by atoms with Gasteiger partial charge in [0.2, 0.25) is 0 Å². The van der Waals surface area contributed by atoms with Crippen LogP contribution in [-0.2, 0) is 12.8 Å². The molecule has 0 spiro atoms. The minimum absolute atomic E-state index is 0.0224. The Kier molecular flexibility index (Phi) is 5.21. The van der Waals surface area contributed by atoms with Gasteiger partial charge in [0.15, 0.2) is 5.43 Å². The molecule has 0 aliphatic carbocycles. The molecule has 0 saturated heterocycles. The van der Waals surface area contributed by atoms with E-state index in [1.54, 1.807) is 0 Å². The third-order valence-electron chi connectivity index (χ3n) is 4.63. The van der Waals surface area contributed by atoms with Gasteiger partial charge < -0.3 is 10.1 Å². The minimum atomic E-state index is -1.08. The van der Waals surface area contributed by atoms with E-state index in [-0.39, 0.29) is 11.1 Å². The highest BCUT2D eigenvalue weighted by Crippen LogP contribution is 2.27. The number of hydrogen-bond donors (Lipinski definition) is 2. The highest BCUT2D eigenvalue weighted by molar-refractivity contribution is 5.94. The highest BCUT2D eigenvalue weighted by Gasteiger charge is 2.19. The number of pyridine rings is 1. The zero-order valence-electron chi connectivity index (χ0n) is 15.1. The van der Waals surface area contributed by atoms with Crippen LogP contribution in [0, 0.1) is 0 Å². The summed E-state index contributed by atoms with van der Waals surface area (Å²) in [6.45, 7) is 4.01. The molecule has 0 radical (unpaired) electrons. The molecule has 0 saturated carbocycles. The van der Waals surface area contributed by atoms with Gasteiger partial charge in [-0.3, -0.25) is 4.79 Å². The average Bonchev–Trinajstić information content (AvgIpc) is 2.65. The summed E-state index contributed by atoms with van der Waals surface area (Å²) < 4.78 is 0. The van der Waals surface area contributed by atoms with Gasteiger partial charge in [-0.2, -0.15) is 0 Å². The first kappa shape index (κ1) is 17.9. The standard InChI is InChI=1S/C22H23NO3/c1-3-8-15-12-16(14-10-6-5-7-11-14)13-18-19(15)23-20(22(25)26)17(9-4-2)21(18)24/h5-7,10-13H,3-4,8-9H2,1-2H3,(H,23,24)(H,25,26). The minimum Gasteiger partial charge on any atom is -0.477 e. The van der Waals surface area contributed by atoms with Crippen molar-refractivity contribution in [1.29, 1.82) is 0 Å². The number of fused-ring (bicyclic) bond motifs is 1. The number of rotatable bonds is 6. The van der Waals surface area contributed by atoms with Crippen molar-refractivity contribution in [3.8, 4) is 11.1 Å². The quantitative estimate of drug-likeness (QED) is 0.671. The summed E-state index contributed by atoms with van der Waals surface area (Å²) in [6.07, 6.45) is 2.86. The van der Waals surface area contributed by atoms with E-state index in [9.17, 15) is 14.7 Å². The van der Waals surface area contributed by atoms with Crippen molar-refractivity contribution < 1.29 is 9.90 Å². The molecule has 0 atom stereocenters. The van der Waals surface area contributed by atoms with Crippen LogP contribution in [-0.4, -0.2) is 16.1 Å². The number of hydrogen-bond acceptors (Lipinski definition) is 2. The van der Waals surface area contributed by atoms with Crippen molar-refractivity contribution >= 4 is 16.9 Å². The number of aromatic carboxylic acids is 1. The van der Waals surface area contributed by atoms with E-state index in [0.717, 1.165) is 36.0 Å². The summed E-state index contributed by atoms with van der Waals surface area (Å²) in [5, 5.41) is 10.1. The van der Waals surface area contributed by atoms with Crippen molar-refractivity contribution in [1.82, 2.24) is 4.98 Å². The second-order valence-electron chi connectivity index (χ2n) is 6.54. The SMILES string of the molecule is CCCc1c(C(=O)O)[nH]c2c(CCC)cc(-c3ccccc3)cc2c1=O. The smallest absolute Gasteiger partial charge is 0.352 e. The molecule has 0 unspecified atom stereocenters. The molecule has 134 valence electrons. The summed E-state index contributed by atoms with van der Waals surface area (Å²) >= 11 is 0. The monoisotopic (exact) mass is 349 g/mol. The Hall–Kier alpha value is -2.88. The van der Waals surface area contributed by atoms with Crippen molar-refractivity contribution in [3.63, 3.8) is 0 Å². The first-order valence-electron chi connectivity index (χ1n) is 9.07. The molecule has 3 aromatic rings. The number of benzene rings is 2.